The van der Waals surface area contributed by atoms with E-state index in [0.29, 0.717) is 0 Å². The van der Waals surface area contributed by atoms with Crippen molar-refractivity contribution >= 4 is 47.2 Å². The van der Waals surface area contributed by atoms with Gasteiger partial charge in [0, 0.05) is 35.7 Å². The van der Waals surface area contributed by atoms with Gasteiger partial charge in [-0.1, -0.05) is 48.5 Å². The first-order valence-corrected chi connectivity index (χ1v) is 12.0. The minimum atomic E-state index is -1.21. The fourth-order valence-electron chi connectivity index (χ4n) is 3.71. The van der Waals surface area contributed by atoms with Gasteiger partial charge in [-0.05, 0) is 17.2 Å². The number of carbonyl (C=O) groups excluding carboxylic acids is 3. The molecule has 3 rings (SSSR count). The highest BCUT2D eigenvalue weighted by atomic mass is 32.1. The van der Waals surface area contributed by atoms with Crippen molar-refractivity contribution in [2.45, 2.75) is 31.0 Å². The van der Waals surface area contributed by atoms with Crippen molar-refractivity contribution in [3.63, 3.8) is 0 Å². The molecule has 1 heterocycles. The number of nitrogens with one attached hydrogen (secondary N) is 4. The molecule has 7 N–H and O–H groups in total. The summed E-state index contributed by atoms with van der Waals surface area (Å²) >= 11 is 4.05. The van der Waals surface area contributed by atoms with Gasteiger partial charge in [0.15, 0.2) is 0 Å². The van der Waals surface area contributed by atoms with Crippen LogP contribution in [0.3, 0.4) is 0 Å². The molecule has 0 aliphatic heterocycles. The molecule has 3 amide bonds. The van der Waals surface area contributed by atoms with Gasteiger partial charge in [0.25, 0.3) is 0 Å². The summed E-state index contributed by atoms with van der Waals surface area (Å²) in [5, 5.41) is 17.5. The molecule has 0 spiro atoms. The summed E-state index contributed by atoms with van der Waals surface area (Å²) in [7, 11) is 0. The minimum absolute atomic E-state index is 0.0848. The zero-order valence-corrected chi connectivity index (χ0v) is 20.3. The Bertz CT molecular complexity index is 1220. The molecule has 2 aromatic carbocycles. The smallest absolute Gasteiger partial charge is 0.322 e. The molecule has 11 heteroatoms. The molecular weight excluding hydrogens is 482 g/mol. The van der Waals surface area contributed by atoms with Gasteiger partial charge < -0.3 is 31.8 Å². The Morgan fingerprint density at radius 2 is 1.53 bits per heavy atom. The van der Waals surface area contributed by atoms with Gasteiger partial charge in [-0.25, -0.2) is 0 Å². The third-order valence-corrected chi connectivity index (χ3v) is 5.99. The van der Waals surface area contributed by atoms with Crippen molar-refractivity contribution in [2.24, 2.45) is 5.73 Å². The van der Waals surface area contributed by atoms with Crippen molar-refractivity contribution in [3.8, 4) is 0 Å². The zero-order chi connectivity index (χ0) is 26.1. The second kappa shape index (κ2) is 12.8. The first-order chi connectivity index (χ1) is 17.3. The molecule has 3 unspecified atom stereocenters. The maximum atomic E-state index is 13.4. The number of aliphatic carboxylic acids is 1. The molecular formula is C25H29N5O5S. The monoisotopic (exact) mass is 511 g/mol. The first-order valence-electron chi connectivity index (χ1n) is 11.3. The quantitative estimate of drug-likeness (QED) is 0.174. The molecule has 3 aromatic rings. The molecule has 0 aliphatic rings. The number of carbonyl (C=O) groups is 4. The van der Waals surface area contributed by atoms with Crippen LogP contribution in [0.15, 0.2) is 60.8 Å². The highest BCUT2D eigenvalue weighted by Gasteiger charge is 2.29. The molecule has 0 radical (unpaired) electrons. The van der Waals surface area contributed by atoms with E-state index in [1.54, 1.807) is 30.5 Å². The minimum Gasteiger partial charge on any atom is -0.480 e. The maximum Gasteiger partial charge on any atom is 0.322 e. The number of aromatic nitrogens is 1. The number of fused-ring (bicyclic) bond motifs is 1. The second-order valence-electron chi connectivity index (χ2n) is 8.28. The second-order valence-corrected chi connectivity index (χ2v) is 8.64. The van der Waals surface area contributed by atoms with Crippen molar-refractivity contribution in [1.29, 1.82) is 0 Å². The number of para-hydroxylation sites is 1. The molecule has 36 heavy (non-hydrogen) atoms. The predicted octanol–water partition coefficient (Wildman–Crippen LogP) is 0.381. The number of thiol groups is 1. The van der Waals surface area contributed by atoms with E-state index in [1.807, 2.05) is 30.3 Å². The third-order valence-electron chi connectivity index (χ3n) is 5.59. The van der Waals surface area contributed by atoms with Crippen LogP contribution in [-0.2, 0) is 32.0 Å². The summed E-state index contributed by atoms with van der Waals surface area (Å²) in [6.07, 6.45) is 2.02. The summed E-state index contributed by atoms with van der Waals surface area (Å²) in [6.45, 7) is -0.591. The lowest BCUT2D eigenvalue weighted by Crippen LogP contribution is -2.57. The van der Waals surface area contributed by atoms with E-state index >= 15 is 0 Å². The molecule has 1 aromatic heterocycles. The lowest BCUT2D eigenvalue weighted by Gasteiger charge is -2.24. The Hall–Kier alpha value is -3.83. The van der Waals surface area contributed by atoms with Crippen LogP contribution in [0.4, 0.5) is 0 Å². The zero-order valence-electron chi connectivity index (χ0n) is 19.4. The van der Waals surface area contributed by atoms with E-state index in [-0.39, 0.29) is 18.6 Å². The molecule has 0 bridgehead atoms. The largest absolute Gasteiger partial charge is 0.480 e. The number of carboxylic acids is 1. The van der Waals surface area contributed by atoms with Gasteiger partial charge in [0.1, 0.15) is 18.6 Å². The van der Waals surface area contributed by atoms with Gasteiger partial charge in [-0.3, -0.25) is 19.2 Å². The van der Waals surface area contributed by atoms with E-state index in [1.165, 1.54) is 0 Å². The van der Waals surface area contributed by atoms with Gasteiger partial charge >= 0.3 is 5.97 Å². The maximum absolute atomic E-state index is 13.4. The van der Waals surface area contributed by atoms with Crippen LogP contribution in [-0.4, -0.2) is 64.2 Å². The Balaban J connectivity index is 1.84. The van der Waals surface area contributed by atoms with Crippen LogP contribution in [0.1, 0.15) is 11.1 Å². The normalized spacial score (nSPS) is 13.4. The van der Waals surface area contributed by atoms with E-state index < -0.39 is 48.4 Å². The third kappa shape index (κ3) is 7.33. The lowest BCUT2D eigenvalue weighted by atomic mass is 10.0. The van der Waals surface area contributed by atoms with E-state index in [0.717, 1.165) is 22.0 Å². The van der Waals surface area contributed by atoms with Gasteiger partial charge in [-0.15, -0.1) is 0 Å². The Labute approximate surface area is 213 Å². The summed E-state index contributed by atoms with van der Waals surface area (Å²) in [6, 6.07) is 13.5. The number of hydrogen-bond donors (Lipinski definition) is 7. The Kier molecular flexibility index (Phi) is 9.48. The lowest BCUT2D eigenvalue weighted by molar-refractivity contribution is -0.138. The van der Waals surface area contributed by atoms with E-state index in [9.17, 15) is 19.2 Å². The number of H-pyrrole nitrogens is 1. The number of aromatic amines is 1. The summed E-state index contributed by atoms with van der Waals surface area (Å²) in [4.78, 5) is 52.8. The standard InChI is InChI=1S/C25H29N5O5S/c26-18(14-36)23(33)29-21(11-16-12-27-19-9-5-4-8-17(16)19)25(35)30-20(24(34)28-13-22(31)32)10-15-6-2-1-3-7-15/h1-9,12,18,20-21,27,36H,10-11,13-14,26H2,(H,28,34)(H,29,33)(H,30,35)(H,31,32). The topological polar surface area (TPSA) is 166 Å². The van der Waals surface area contributed by atoms with Gasteiger partial charge in [0.05, 0.1) is 6.04 Å². The molecule has 3 atom stereocenters. The predicted molar refractivity (Wildman–Crippen MR) is 138 cm³/mol. The number of hydrogen-bond acceptors (Lipinski definition) is 6. The number of rotatable bonds is 12. The summed E-state index contributed by atoms with van der Waals surface area (Å²) < 4.78 is 0. The van der Waals surface area contributed by atoms with Crippen molar-refractivity contribution in [1.82, 2.24) is 20.9 Å². The highest BCUT2D eigenvalue weighted by Crippen LogP contribution is 2.19. The van der Waals surface area contributed by atoms with Crippen molar-refractivity contribution in [2.75, 3.05) is 12.3 Å². The van der Waals surface area contributed by atoms with Gasteiger partial charge in [0.2, 0.25) is 17.7 Å². The number of amides is 3. The SMILES string of the molecule is NC(CS)C(=O)NC(Cc1c[nH]c2ccccc12)C(=O)NC(Cc1ccccc1)C(=O)NCC(=O)O. The fourth-order valence-corrected chi connectivity index (χ4v) is 3.87. The molecule has 0 saturated carbocycles. The van der Waals surface area contributed by atoms with Crippen LogP contribution in [0.2, 0.25) is 0 Å². The highest BCUT2D eigenvalue weighted by molar-refractivity contribution is 7.80. The van der Waals surface area contributed by atoms with E-state index in [4.69, 9.17) is 10.8 Å². The van der Waals surface area contributed by atoms with Crippen LogP contribution >= 0.6 is 12.6 Å². The summed E-state index contributed by atoms with van der Waals surface area (Å²) in [5.41, 5.74) is 8.24. The number of benzene rings is 2. The average Bonchev–Trinajstić information content (AvgIpc) is 3.29. The van der Waals surface area contributed by atoms with Crippen LogP contribution in [0, 0.1) is 0 Å². The summed E-state index contributed by atoms with van der Waals surface area (Å²) in [5.74, 6) is -2.94. The van der Waals surface area contributed by atoms with Crippen molar-refractivity contribution < 1.29 is 24.3 Å². The Morgan fingerprint density at radius 3 is 2.22 bits per heavy atom. The molecule has 0 saturated heterocycles. The Morgan fingerprint density at radius 1 is 0.889 bits per heavy atom. The molecule has 0 aliphatic carbocycles. The van der Waals surface area contributed by atoms with E-state index in [2.05, 4.69) is 33.6 Å². The fraction of sp³-hybridized carbons (Fsp3) is 0.280. The molecule has 10 nitrogen and oxygen atoms in total. The number of nitrogens with two attached hydrogens (primary N) is 1. The molecule has 0 fully saturated rings. The average molecular weight is 512 g/mol. The van der Waals surface area contributed by atoms with Crippen molar-refractivity contribution in [3.05, 3.63) is 71.9 Å². The molecule has 190 valence electrons. The first kappa shape index (κ1) is 26.8. The van der Waals surface area contributed by atoms with Crippen LogP contribution < -0.4 is 21.7 Å². The van der Waals surface area contributed by atoms with Crippen LogP contribution in [0.25, 0.3) is 10.9 Å². The van der Waals surface area contributed by atoms with Gasteiger partial charge in [-0.2, -0.15) is 12.6 Å². The number of carboxylic acid groups (broad SMARTS) is 1. The van der Waals surface area contributed by atoms with Crippen LogP contribution in [0.5, 0.6) is 0 Å².